The number of fused-ring (bicyclic) bond motifs is 6. The third kappa shape index (κ3) is 2.08. The number of rotatable bonds is 1. The average molecular weight is 425 g/mol. The Kier molecular flexibility index (Phi) is 3.44. The largest absolute Gasteiger partial charge is 0.460 e. The van der Waals surface area contributed by atoms with Crippen LogP contribution in [-0.2, 0) is 15.1 Å². The molecule has 0 saturated carbocycles. The van der Waals surface area contributed by atoms with E-state index >= 15 is 0 Å². The lowest BCUT2D eigenvalue weighted by Gasteiger charge is -2.43. The van der Waals surface area contributed by atoms with Crippen molar-refractivity contribution in [2.45, 2.75) is 10.6 Å². The number of allylic oxidation sites excluding steroid dienone is 2. The van der Waals surface area contributed by atoms with Crippen molar-refractivity contribution in [2.75, 3.05) is 0 Å². The Hall–Kier alpha value is -2.70. The molecule has 5 nitrogen and oxygen atoms in total. The lowest BCUT2D eigenvalue weighted by Crippen LogP contribution is -2.48. The number of aliphatic hydroxyl groups is 1. The number of ether oxygens (including phenoxy) is 2. The third-order valence-corrected chi connectivity index (χ3v) is 5.73. The Morgan fingerprint density at radius 2 is 1.70 bits per heavy atom. The highest BCUT2D eigenvalue weighted by molar-refractivity contribution is 9.09. The van der Waals surface area contributed by atoms with E-state index in [0.29, 0.717) is 28.2 Å². The molecule has 2 aliphatic heterocycles. The first-order chi connectivity index (χ1) is 13.0. The van der Waals surface area contributed by atoms with Gasteiger partial charge in [-0.1, -0.05) is 52.3 Å². The van der Waals surface area contributed by atoms with Crippen LogP contribution in [0.15, 0.2) is 72.0 Å². The summed E-state index contributed by atoms with van der Waals surface area (Å²) in [5.41, 5.74) is 0.528. The predicted octanol–water partition coefficient (Wildman–Crippen LogP) is 3.22. The summed E-state index contributed by atoms with van der Waals surface area (Å²) >= 11 is 3.05. The van der Waals surface area contributed by atoms with E-state index in [-0.39, 0.29) is 11.4 Å². The molecule has 3 aliphatic rings. The summed E-state index contributed by atoms with van der Waals surface area (Å²) in [5, 5.41) is 8.84. The van der Waals surface area contributed by atoms with Crippen molar-refractivity contribution in [3.05, 3.63) is 88.7 Å². The summed E-state index contributed by atoms with van der Waals surface area (Å²) in [7, 11) is 0. The Morgan fingerprint density at radius 3 is 2.48 bits per heavy atom. The quantitative estimate of drug-likeness (QED) is 0.561. The number of halogens is 1. The molecule has 1 aliphatic carbocycles. The first kappa shape index (κ1) is 16.5. The first-order valence-corrected chi connectivity index (χ1v) is 9.34. The molecular weight excluding hydrogens is 412 g/mol. The second kappa shape index (κ2) is 5.65. The second-order valence-corrected chi connectivity index (χ2v) is 7.46. The molecule has 134 valence electrons. The summed E-state index contributed by atoms with van der Waals surface area (Å²) in [6, 6.07) is 14.3. The molecule has 3 atom stereocenters. The maximum absolute atomic E-state index is 13.3. The molecule has 2 heterocycles. The van der Waals surface area contributed by atoms with Crippen molar-refractivity contribution in [1.82, 2.24) is 0 Å². The molecule has 3 unspecified atom stereocenters. The highest BCUT2D eigenvalue weighted by Gasteiger charge is 2.61. The van der Waals surface area contributed by atoms with Crippen LogP contribution in [0.5, 0.6) is 5.75 Å². The van der Waals surface area contributed by atoms with E-state index in [0.717, 1.165) is 0 Å². The Balaban J connectivity index is 1.84. The van der Waals surface area contributed by atoms with Crippen molar-refractivity contribution >= 4 is 27.7 Å². The molecule has 0 saturated heterocycles. The van der Waals surface area contributed by atoms with Crippen LogP contribution < -0.4 is 4.74 Å². The normalized spacial score (nSPS) is 26.2. The van der Waals surface area contributed by atoms with Gasteiger partial charge in [0.15, 0.2) is 11.4 Å². The number of Topliss-reactive ketones (excluding diaryl/α,β-unsaturated/α-hetero) is 1. The molecule has 0 aromatic heterocycles. The predicted molar refractivity (Wildman–Crippen MR) is 99.3 cm³/mol. The highest BCUT2D eigenvalue weighted by atomic mass is 79.9. The number of carbonyl (C=O) groups is 2. The van der Waals surface area contributed by atoms with Crippen molar-refractivity contribution in [2.24, 2.45) is 5.92 Å². The smallest absolute Gasteiger partial charge is 0.339 e. The zero-order valence-corrected chi connectivity index (χ0v) is 15.5. The van der Waals surface area contributed by atoms with Gasteiger partial charge < -0.3 is 14.6 Å². The van der Waals surface area contributed by atoms with E-state index in [1.54, 1.807) is 36.4 Å². The molecule has 1 spiro atoms. The SMILES string of the molecule is O=C1OC2(c3ccccc3OC3=CC=C(C(O)Br)C(=O)C32)c2ccccc21. The maximum atomic E-state index is 13.3. The van der Waals surface area contributed by atoms with E-state index in [4.69, 9.17) is 9.47 Å². The van der Waals surface area contributed by atoms with E-state index < -0.39 is 22.5 Å². The maximum Gasteiger partial charge on any atom is 0.339 e. The fourth-order valence-electron chi connectivity index (χ4n) is 4.12. The van der Waals surface area contributed by atoms with Gasteiger partial charge in [-0.3, -0.25) is 4.79 Å². The molecule has 0 bridgehead atoms. The van der Waals surface area contributed by atoms with Gasteiger partial charge in [0.05, 0.1) is 5.56 Å². The summed E-state index contributed by atoms with van der Waals surface area (Å²) in [6.07, 6.45) is 3.18. The summed E-state index contributed by atoms with van der Waals surface area (Å²) in [5.74, 6) is -0.818. The molecule has 2 aromatic carbocycles. The number of hydrogen-bond acceptors (Lipinski definition) is 5. The zero-order valence-electron chi connectivity index (χ0n) is 13.9. The fraction of sp³-hybridized carbons (Fsp3) is 0.143. The Morgan fingerprint density at radius 1 is 1.00 bits per heavy atom. The lowest BCUT2D eigenvalue weighted by molar-refractivity contribution is -0.127. The highest BCUT2D eigenvalue weighted by Crippen LogP contribution is 2.56. The Bertz CT molecular complexity index is 1070. The number of aliphatic hydroxyl groups excluding tert-OH is 1. The van der Waals surface area contributed by atoms with Gasteiger partial charge >= 0.3 is 5.97 Å². The minimum atomic E-state index is -1.33. The van der Waals surface area contributed by atoms with Gasteiger partial charge in [-0.2, -0.15) is 0 Å². The number of benzene rings is 2. The number of alkyl halides is 1. The second-order valence-electron chi connectivity index (χ2n) is 6.59. The molecule has 2 aromatic rings. The molecular formula is C21H13BrO5. The molecule has 0 amide bonds. The minimum Gasteiger partial charge on any atom is -0.460 e. The first-order valence-electron chi connectivity index (χ1n) is 8.42. The number of esters is 1. The minimum absolute atomic E-state index is 0.187. The Labute approximate surface area is 163 Å². The van der Waals surface area contributed by atoms with Crippen LogP contribution in [0.2, 0.25) is 0 Å². The van der Waals surface area contributed by atoms with Gasteiger partial charge in [0, 0.05) is 16.7 Å². The average Bonchev–Trinajstić information content (AvgIpc) is 2.95. The van der Waals surface area contributed by atoms with Crippen LogP contribution >= 0.6 is 15.9 Å². The van der Waals surface area contributed by atoms with Gasteiger partial charge in [-0.25, -0.2) is 4.79 Å². The summed E-state index contributed by atoms with van der Waals surface area (Å²) < 4.78 is 11.9. The van der Waals surface area contributed by atoms with Gasteiger partial charge in [-0.05, 0) is 24.3 Å². The number of para-hydroxylation sites is 1. The lowest BCUT2D eigenvalue weighted by atomic mass is 9.69. The molecule has 27 heavy (non-hydrogen) atoms. The van der Waals surface area contributed by atoms with Crippen molar-refractivity contribution in [1.29, 1.82) is 0 Å². The van der Waals surface area contributed by atoms with Crippen molar-refractivity contribution in [3.63, 3.8) is 0 Å². The van der Waals surface area contributed by atoms with Gasteiger partial charge in [-0.15, -0.1) is 0 Å². The molecule has 6 heteroatoms. The number of carbonyl (C=O) groups excluding carboxylic acids is 2. The summed E-state index contributed by atoms with van der Waals surface area (Å²) in [6.45, 7) is 0. The van der Waals surface area contributed by atoms with Crippen LogP contribution in [0.4, 0.5) is 0 Å². The molecule has 0 fully saturated rings. The van der Waals surface area contributed by atoms with Crippen molar-refractivity contribution < 1.29 is 24.2 Å². The molecule has 5 rings (SSSR count). The number of hydrogen-bond donors (Lipinski definition) is 1. The topological polar surface area (TPSA) is 72.8 Å². The van der Waals surface area contributed by atoms with Crippen LogP contribution in [0.1, 0.15) is 21.5 Å². The van der Waals surface area contributed by atoms with E-state index in [1.807, 2.05) is 18.2 Å². The van der Waals surface area contributed by atoms with Gasteiger partial charge in [0.2, 0.25) is 0 Å². The molecule has 0 radical (unpaired) electrons. The van der Waals surface area contributed by atoms with Crippen molar-refractivity contribution in [3.8, 4) is 5.75 Å². The third-order valence-electron chi connectivity index (χ3n) is 5.24. The van der Waals surface area contributed by atoms with Gasteiger partial charge in [0.25, 0.3) is 0 Å². The molecule has 1 N–H and O–H groups in total. The van der Waals surface area contributed by atoms with E-state index in [2.05, 4.69) is 15.9 Å². The zero-order chi connectivity index (χ0) is 18.8. The van der Waals surface area contributed by atoms with Gasteiger partial charge in [0.1, 0.15) is 22.4 Å². The van der Waals surface area contributed by atoms with Crippen LogP contribution in [0.25, 0.3) is 0 Å². The van der Waals surface area contributed by atoms with Crippen LogP contribution in [0.3, 0.4) is 0 Å². The van der Waals surface area contributed by atoms with E-state index in [1.165, 1.54) is 6.08 Å². The summed E-state index contributed by atoms with van der Waals surface area (Å²) in [4.78, 5) is 26.0. The van der Waals surface area contributed by atoms with E-state index in [9.17, 15) is 14.7 Å². The number of ketones is 1. The monoisotopic (exact) mass is 424 g/mol. The van der Waals surface area contributed by atoms with Crippen LogP contribution in [-0.4, -0.2) is 21.9 Å². The standard InChI is InChI=1S/C21H13BrO5/c22-19(24)12-9-10-16-17(18(12)23)21(14-7-3-4-8-15(14)26-16)13-6-2-1-5-11(13)20(25)27-21/h1-10,17,19,24H. The fourth-order valence-corrected chi connectivity index (χ4v) is 4.50. The van der Waals surface area contributed by atoms with Crippen LogP contribution in [0, 0.1) is 5.92 Å².